The van der Waals surface area contributed by atoms with E-state index in [0.717, 1.165) is 29.5 Å². The Labute approximate surface area is 172 Å². The number of carbonyl (C=O) groups is 1. The lowest BCUT2D eigenvalue weighted by molar-refractivity contribution is -0.122. The lowest BCUT2D eigenvalue weighted by atomic mass is 10.1. The third-order valence-electron chi connectivity index (χ3n) is 5.26. The molecule has 0 aromatic heterocycles. The number of nitrogens with one attached hydrogen (secondary N) is 1. The first-order valence-electron chi connectivity index (χ1n) is 9.84. The molecular weight excluding hydrogens is 388 g/mol. The third-order valence-corrected chi connectivity index (χ3v) is 7.17. The molecule has 1 aliphatic heterocycles. The van der Waals surface area contributed by atoms with Crippen molar-refractivity contribution >= 4 is 21.6 Å². The first-order valence-corrected chi connectivity index (χ1v) is 11.3. The van der Waals surface area contributed by atoms with E-state index in [1.807, 2.05) is 26.8 Å². The maximum atomic E-state index is 12.6. The van der Waals surface area contributed by atoms with Gasteiger partial charge >= 0.3 is 0 Å². The van der Waals surface area contributed by atoms with E-state index in [9.17, 15) is 13.2 Å². The summed E-state index contributed by atoms with van der Waals surface area (Å²) in [7, 11) is -3.46. The number of amides is 1. The quantitative estimate of drug-likeness (QED) is 0.777. The number of ether oxygens (including phenoxy) is 1. The number of rotatable bonds is 6. The lowest BCUT2D eigenvalue weighted by Crippen LogP contribution is -2.30. The van der Waals surface area contributed by atoms with Crippen LogP contribution in [0.5, 0.6) is 5.75 Å². The predicted octanol–water partition coefficient (Wildman–Crippen LogP) is 3.80. The van der Waals surface area contributed by atoms with Gasteiger partial charge in [0.25, 0.3) is 5.91 Å². The van der Waals surface area contributed by atoms with Gasteiger partial charge in [0.2, 0.25) is 10.0 Å². The Morgan fingerprint density at radius 2 is 1.69 bits per heavy atom. The smallest absolute Gasteiger partial charge is 0.265 e. The van der Waals surface area contributed by atoms with Crippen LogP contribution in [0.4, 0.5) is 5.69 Å². The lowest BCUT2D eigenvalue weighted by Gasteiger charge is -2.18. The van der Waals surface area contributed by atoms with Crippen molar-refractivity contribution in [2.24, 2.45) is 0 Å². The molecule has 0 bridgehead atoms. The van der Waals surface area contributed by atoms with Gasteiger partial charge in [-0.15, -0.1) is 0 Å². The van der Waals surface area contributed by atoms with Crippen molar-refractivity contribution in [3.05, 3.63) is 53.1 Å². The van der Waals surface area contributed by atoms with Gasteiger partial charge in [0.05, 0.1) is 4.90 Å². The summed E-state index contributed by atoms with van der Waals surface area (Å²) in [5.74, 6) is 0.399. The van der Waals surface area contributed by atoms with E-state index in [1.54, 1.807) is 19.1 Å². The third kappa shape index (κ3) is 4.79. The summed E-state index contributed by atoms with van der Waals surface area (Å²) < 4.78 is 32.5. The van der Waals surface area contributed by atoms with Gasteiger partial charge in [-0.05, 0) is 87.6 Å². The Hall–Kier alpha value is -2.38. The van der Waals surface area contributed by atoms with Crippen molar-refractivity contribution in [2.75, 3.05) is 18.4 Å². The number of carbonyl (C=O) groups excluding carboxylic acids is 1. The fraction of sp³-hybridized carbons (Fsp3) is 0.409. The van der Waals surface area contributed by atoms with Gasteiger partial charge < -0.3 is 10.1 Å². The van der Waals surface area contributed by atoms with Crippen molar-refractivity contribution in [2.45, 2.75) is 51.5 Å². The zero-order valence-corrected chi connectivity index (χ0v) is 18.2. The molecule has 0 saturated carbocycles. The Morgan fingerprint density at radius 3 is 2.31 bits per heavy atom. The summed E-state index contributed by atoms with van der Waals surface area (Å²) >= 11 is 0. The Morgan fingerprint density at radius 1 is 1.07 bits per heavy atom. The molecule has 1 atom stereocenters. The van der Waals surface area contributed by atoms with Crippen LogP contribution in [-0.4, -0.2) is 37.8 Å². The first-order chi connectivity index (χ1) is 13.7. The standard InChI is InChI=1S/C22H28N2O4S/c1-15-13-16(2)17(3)21(14-15)28-18(4)22(25)23-19-7-9-20(10-8-19)29(26,27)24-11-5-6-12-24/h7-10,13-14,18H,5-6,11-12H2,1-4H3,(H,23,25)/t18-/m1/s1. The first kappa shape index (κ1) is 21.3. The maximum Gasteiger partial charge on any atom is 0.265 e. The summed E-state index contributed by atoms with van der Waals surface area (Å²) in [4.78, 5) is 12.8. The Bertz CT molecular complexity index is 994. The fourth-order valence-electron chi connectivity index (χ4n) is 3.40. The Kier molecular flexibility index (Phi) is 6.29. The average molecular weight is 417 g/mol. The zero-order valence-electron chi connectivity index (χ0n) is 17.4. The molecule has 2 aromatic carbocycles. The molecule has 1 aliphatic rings. The normalized spacial score (nSPS) is 15.9. The summed E-state index contributed by atoms with van der Waals surface area (Å²) in [5.41, 5.74) is 3.72. The summed E-state index contributed by atoms with van der Waals surface area (Å²) in [5, 5.41) is 2.79. The van der Waals surface area contributed by atoms with Gasteiger partial charge in [-0.3, -0.25) is 4.79 Å². The van der Waals surface area contributed by atoms with Crippen molar-refractivity contribution in [1.82, 2.24) is 4.31 Å². The molecular formula is C22H28N2O4S. The molecule has 3 rings (SSSR count). The van der Waals surface area contributed by atoms with Crippen LogP contribution in [0.15, 0.2) is 41.3 Å². The van der Waals surface area contributed by atoms with Crippen LogP contribution in [0, 0.1) is 20.8 Å². The summed E-state index contributed by atoms with van der Waals surface area (Å²) in [6, 6.07) is 10.3. The van der Waals surface area contributed by atoms with Gasteiger partial charge in [0.15, 0.2) is 6.10 Å². The molecule has 29 heavy (non-hydrogen) atoms. The van der Waals surface area contributed by atoms with E-state index in [1.165, 1.54) is 16.4 Å². The molecule has 1 saturated heterocycles. The molecule has 1 N–H and O–H groups in total. The van der Waals surface area contributed by atoms with Crippen molar-refractivity contribution in [1.29, 1.82) is 0 Å². The Balaban J connectivity index is 1.66. The largest absolute Gasteiger partial charge is 0.481 e. The molecule has 7 heteroatoms. The minimum atomic E-state index is -3.46. The van der Waals surface area contributed by atoms with Crippen molar-refractivity contribution < 1.29 is 17.9 Å². The van der Waals surface area contributed by atoms with Gasteiger partial charge in [0, 0.05) is 18.8 Å². The minimum absolute atomic E-state index is 0.243. The highest BCUT2D eigenvalue weighted by Gasteiger charge is 2.27. The second-order valence-electron chi connectivity index (χ2n) is 7.59. The summed E-state index contributed by atoms with van der Waals surface area (Å²) in [6.07, 6.45) is 1.10. The van der Waals surface area contributed by atoms with Gasteiger partial charge in [0.1, 0.15) is 5.75 Å². The molecule has 6 nitrogen and oxygen atoms in total. The van der Waals surface area contributed by atoms with E-state index in [2.05, 4.69) is 11.4 Å². The second-order valence-corrected chi connectivity index (χ2v) is 9.53. The molecule has 1 heterocycles. The molecule has 1 fully saturated rings. The summed E-state index contributed by atoms with van der Waals surface area (Å²) in [6.45, 7) is 8.79. The molecule has 0 unspecified atom stereocenters. The number of hydrogen-bond acceptors (Lipinski definition) is 4. The van der Waals surface area contributed by atoms with E-state index in [0.29, 0.717) is 24.5 Å². The fourth-order valence-corrected chi connectivity index (χ4v) is 4.92. The van der Waals surface area contributed by atoms with Crippen LogP contribution in [0.25, 0.3) is 0 Å². The van der Waals surface area contributed by atoms with E-state index < -0.39 is 16.1 Å². The monoisotopic (exact) mass is 416 g/mol. The molecule has 0 radical (unpaired) electrons. The van der Waals surface area contributed by atoms with Gasteiger partial charge in [-0.2, -0.15) is 4.31 Å². The molecule has 1 amide bonds. The van der Waals surface area contributed by atoms with Crippen LogP contribution in [-0.2, 0) is 14.8 Å². The number of aryl methyl sites for hydroxylation is 2. The molecule has 2 aromatic rings. The molecule has 156 valence electrons. The van der Waals surface area contributed by atoms with E-state index >= 15 is 0 Å². The van der Waals surface area contributed by atoms with Gasteiger partial charge in [-0.25, -0.2) is 8.42 Å². The van der Waals surface area contributed by atoms with E-state index in [-0.39, 0.29) is 10.8 Å². The predicted molar refractivity (Wildman–Crippen MR) is 114 cm³/mol. The number of anilines is 1. The molecule has 0 spiro atoms. The minimum Gasteiger partial charge on any atom is -0.481 e. The number of nitrogens with zero attached hydrogens (tertiary/aromatic N) is 1. The van der Waals surface area contributed by atoms with Gasteiger partial charge in [-0.1, -0.05) is 6.07 Å². The van der Waals surface area contributed by atoms with E-state index in [4.69, 9.17) is 4.74 Å². The number of hydrogen-bond donors (Lipinski definition) is 1. The maximum absolute atomic E-state index is 12.6. The topological polar surface area (TPSA) is 75.7 Å². The number of sulfonamides is 1. The van der Waals surface area contributed by atoms with Crippen molar-refractivity contribution in [3.63, 3.8) is 0 Å². The van der Waals surface area contributed by atoms with Crippen molar-refractivity contribution in [3.8, 4) is 5.75 Å². The average Bonchev–Trinajstić information content (AvgIpc) is 3.21. The van der Waals surface area contributed by atoms with Crippen LogP contribution >= 0.6 is 0 Å². The highest BCUT2D eigenvalue weighted by molar-refractivity contribution is 7.89. The van der Waals surface area contributed by atoms with Crippen LogP contribution in [0.2, 0.25) is 0 Å². The highest BCUT2D eigenvalue weighted by Crippen LogP contribution is 2.25. The van der Waals surface area contributed by atoms with Crippen LogP contribution in [0.3, 0.4) is 0 Å². The van der Waals surface area contributed by atoms with Crippen LogP contribution < -0.4 is 10.1 Å². The zero-order chi connectivity index (χ0) is 21.2. The second kappa shape index (κ2) is 8.55. The molecule has 0 aliphatic carbocycles. The van der Waals surface area contributed by atoms with Crippen LogP contribution in [0.1, 0.15) is 36.5 Å². The highest BCUT2D eigenvalue weighted by atomic mass is 32.2. The number of benzene rings is 2. The SMILES string of the molecule is Cc1cc(C)c(C)c(O[C@H](C)C(=O)Nc2ccc(S(=O)(=O)N3CCCC3)cc2)c1.